The highest BCUT2D eigenvalue weighted by molar-refractivity contribution is 6.35. The molecule has 0 amide bonds. The third kappa shape index (κ3) is 2.43. The number of carbonyl (C=O) groups excluding carboxylic acids is 1. The number of nitrogens with zero attached hydrogens (tertiary/aromatic N) is 1. The third-order valence-electron chi connectivity index (χ3n) is 2.49. The maximum atomic E-state index is 12.2. The first-order valence-electron chi connectivity index (χ1n) is 5.19. The number of aromatic nitrogens is 2. The number of hydrogen-bond acceptors (Lipinski definition) is 4. The number of aromatic carboxylic acids is 1. The number of halogens is 1. The van der Waals surface area contributed by atoms with Gasteiger partial charge in [-0.05, 0) is 18.2 Å². The molecule has 0 saturated heterocycles. The number of nitrogens with one attached hydrogen (secondary N) is 1. The molecule has 1 aromatic carbocycles. The topological polar surface area (TPSA) is 92.3 Å². The molecular formula is C12H9ClN2O4. The second kappa shape index (κ2) is 5.11. The van der Waals surface area contributed by atoms with Crippen LogP contribution >= 0.6 is 11.6 Å². The summed E-state index contributed by atoms with van der Waals surface area (Å²) in [4.78, 5) is 29.2. The zero-order chi connectivity index (χ0) is 14.0. The van der Waals surface area contributed by atoms with Crippen molar-refractivity contribution in [3.05, 3.63) is 46.5 Å². The Morgan fingerprint density at radius 3 is 2.74 bits per heavy atom. The molecular weight excluding hydrogens is 272 g/mol. The van der Waals surface area contributed by atoms with Crippen molar-refractivity contribution in [2.24, 2.45) is 0 Å². The average Bonchev–Trinajstić information content (AvgIpc) is 2.87. The summed E-state index contributed by atoms with van der Waals surface area (Å²) in [5, 5.41) is 9.10. The number of aromatic amines is 1. The Labute approximate surface area is 113 Å². The predicted octanol–water partition coefficient (Wildman–Crippen LogP) is 2.00. The van der Waals surface area contributed by atoms with E-state index in [2.05, 4.69) is 9.97 Å². The van der Waals surface area contributed by atoms with Crippen LogP contribution in [0.5, 0.6) is 5.75 Å². The van der Waals surface area contributed by atoms with Crippen LogP contribution in [0.1, 0.15) is 26.5 Å². The number of imidazole rings is 1. The standard InChI is InChI=1S/C12H9ClN2O4/c1-19-6-2-3-7(8(13)4-6)11(16)9-10(12(17)18)15-5-14-9/h2-5H,1H3,(H,14,15)(H,17,18). The average molecular weight is 281 g/mol. The molecule has 0 aliphatic rings. The summed E-state index contributed by atoms with van der Waals surface area (Å²) in [5.74, 6) is -1.32. The second-order valence-corrected chi connectivity index (χ2v) is 4.01. The first-order chi connectivity index (χ1) is 9.04. The van der Waals surface area contributed by atoms with Crippen molar-refractivity contribution in [2.75, 3.05) is 7.11 Å². The van der Waals surface area contributed by atoms with Crippen molar-refractivity contribution in [1.29, 1.82) is 0 Å². The van der Waals surface area contributed by atoms with Crippen molar-refractivity contribution in [1.82, 2.24) is 9.97 Å². The summed E-state index contributed by atoms with van der Waals surface area (Å²) < 4.78 is 4.97. The molecule has 1 aromatic heterocycles. The summed E-state index contributed by atoms with van der Waals surface area (Å²) in [6, 6.07) is 4.50. The van der Waals surface area contributed by atoms with E-state index in [0.29, 0.717) is 5.75 Å². The Morgan fingerprint density at radius 2 is 2.16 bits per heavy atom. The van der Waals surface area contributed by atoms with E-state index >= 15 is 0 Å². The lowest BCUT2D eigenvalue weighted by molar-refractivity contribution is 0.0687. The van der Waals surface area contributed by atoms with E-state index < -0.39 is 11.8 Å². The monoisotopic (exact) mass is 280 g/mol. The summed E-state index contributed by atoms with van der Waals surface area (Å²) >= 11 is 5.97. The lowest BCUT2D eigenvalue weighted by Crippen LogP contribution is -2.10. The van der Waals surface area contributed by atoms with Crippen LogP contribution in [0, 0.1) is 0 Å². The van der Waals surface area contributed by atoms with Gasteiger partial charge in [0.2, 0.25) is 5.78 Å². The van der Waals surface area contributed by atoms with Crippen molar-refractivity contribution in [2.45, 2.75) is 0 Å². The van der Waals surface area contributed by atoms with Gasteiger partial charge < -0.3 is 14.8 Å². The number of hydrogen-bond donors (Lipinski definition) is 2. The molecule has 0 atom stereocenters. The Hall–Kier alpha value is -2.34. The van der Waals surface area contributed by atoms with Gasteiger partial charge in [0.25, 0.3) is 0 Å². The minimum absolute atomic E-state index is 0.164. The minimum atomic E-state index is -1.26. The summed E-state index contributed by atoms with van der Waals surface area (Å²) in [5.41, 5.74) is -0.284. The summed E-state index contributed by atoms with van der Waals surface area (Å²) in [7, 11) is 1.48. The summed E-state index contributed by atoms with van der Waals surface area (Å²) in [6.07, 6.45) is 1.15. The summed E-state index contributed by atoms with van der Waals surface area (Å²) in [6.45, 7) is 0. The fourth-order valence-corrected chi connectivity index (χ4v) is 1.82. The molecule has 0 aliphatic carbocycles. The van der Waals surface area contributed by atoms with Crippen LogP contribution in [0.15, 0.2) is 24.5 Å². The highest BCUT2D eigenvalue weighted by Crippen LogP contribution is 2.24. The van der Waals surface area contributed by atoms with Gasteiger partial charge >= 0.3 is 5.97 Å². The van der Waals surface area contributed by atoms with E-state index in [4.69, 9.17) is 21.4 Å². The molecule has 98 valence electrons. The molecule has 7 heteroatoms. The SMILES string of the molecule is COc1ccc(C(=O)c2nc[nH]c2C(=O)O)c(Cl)c1. The number of carboxylic acid groups (broad SMARTS) is 1. The Kier molecular flexibility index (Phi) is 3.52. The van der Waals surface area contributed by atoms with Gasteiger partial charge in [-0.15, -0.1) is 0 Å². The fourth-order valence-electron chi connectivity index (χ4n) is 1.56. The molecule has 2 rings (SSSR count). The van der Waals surface area contributed by atoms with Crippen LogP contribution in [0.4, 0.5) is 0 Å². The number of rotatable bonds is 4. The lowest BCUT2D eigenvalue weighted by atomic mass is 10.1. The Bertz CT molecular complexity index is 651. The molecule has 0 fully saturated rings. The van der Waals surface area contributed by atoms with Gasteiger partial charge in [0.05, 0.1) is 18.5 Å². The predicted molar refractivity (Wildman–Crippen MR) is 67.0 cm³/mol. The molecule has 0 aliphatic heterocycles. The number of carboxylic acids is 1. The van der Waals surface area contributed by atoms with Crippen molar-refractivity contribution < 1.29 is 19.4 Å². The molecule has 0 radical (unpaired) electrons. The molecule has 2 aromatic rings. The van der Waals surface area contributed by atoms with E-state index in [1.165, 1.54) is 19.2 Å². The maximum Gasteiger partial charge on any atom is 0.354 e. The van der Waals surface area contributed by atoms with E-state index in [0.717, 1.165) is 6.33 Å². The van der Waals surface area contributed by atoms with Crippen molar-refractivity contribution in [3.8, 4) is 5.75 Å². The molecule has 0 spiro atoms. The number of ketones is 1. The van der Waals surface area contributed by atoms with E-state index in [-0.39, 0.29) is 22.0 Å². The van der Waals surface area contributed by atoms with Gasteiger partial charge in [0.15, 0.2) is 5.69 Å². The highest BCUT2D eigenvalue weighted by atomic mass is 35.5. The zero-order valence-corrected chi connectivity index (χ0v) is 10.6. The van der Waals surface area contributed by atoms with Crippen LogP contribution in [0.25, 0.3) is 0 Å². The number of H-pyrrole nitrogens is 1. The number of ether oxygens (including phenoxy) is 1. The number of benzene rings is 1. The first kappa shape index (κ1) is 13.1. The Morgan fingerprint density at radius 1 is 1.42 bits per heavy atom. The second-order valence-electron chi connectivity index (χ2n) is 3.61. The number of carbonyl (C=O) groups is 2. The third-order valence-corrected chi connectivity index (χ3v) is 2.80. The van der Waals surface area contributed by atoms with Crippen molar-refractivity contribution in [3.63, 3.8) is 0 Å². The quantitative estimate of drug-likeness (QED) is 0.836. The van der Waals surface area contributed by atoms with E-state index in [9.17, 15) is 9.59 Å². The molecule has 2 N–H and O–H groups in total. The highest BCUT2D eigenvalue weighted by Gasteiger charge is 2.22. The Balaban J connectivity index is 2.44. The molecule has 0 unspecified atom stereocenters. The minimum Gasteiger partial charge on any atom is -0.497 e. The van der Waals surface area contributed by atoms with Gasteiger partial charge in [-0.1, -0.05) is 11.6 Å². The van der Waals surface area contributed by atoms with Gasteiger partial charge in [-0.2, -0.15) is 0 Å². The van der Waals surface area contributed by atoms with Gasteiger partial charge in [-0.3, -0.25) is 4.79 Å². The van der Waals surface area contributed by atoms with E-state index in [1.54, 1.807) is 6.07 Å². The van der Waals surface area contributed by atoms with Crippen LogP contribution in [0.3, 0.4) is 0 Å². The fraction of sp³-hybridized carbons (Fsp3) is 0.0833. The van der Waals surface area contributed by atoms with Crippen LogP contribution in [0.2, 0.25) is 5.02 Å². The van der Waals surface area contributed by atoms with Crippen LogP contribution in [-0.4, -0.2) is 33.9 Å². The van der Waals surface area contributed by atoms with Crippen molar-refractivity contribution >= 4 is 23.4 Å². The zero-order valence-electron chi connectivity index (χ0n) is 9.81. The molecule has 0 saturated carbocycles. The lowest BCUT2D eigenvalue weighted by Gasteiger charge is -2.05. The molecule has 1 heterocycles. The maximum absolute atomic E-state index is 12.2. The smallest absolute Gasteiger partial charge is 0.354 e. The number of methoxy groups -OCH3 is 1. The van der Waals surface area contributed by atoms with Gasteiger partial charge in [0.1, 0.15) is 11.4 Å². The van der Waals surface area contributed by atoms with Crippen LogP contribution in [-0.2, 0) is 0 Å². The first-order valence-corrected chi connectivity index (χ1v) is 5.57. The van der Waals surface area contributed by atoms with Gasteiger partial charge in [0, 0.05) is 5.56 Å². The molecule has 6 nitrogen and oxygen atoms in total. The van der Waals surface area contributed by atoms with E-state index in [1.807, 2.05) is 0 Å². The molecule has 19 heavy (non-hydrogen) atoms. The molecule has 0 bridgehead atoms. The largest absolute Gasteiger partial charge is 0.497 e. The normalized spacial score (nSPS) is 10.2. The van der Waals surface area contributed by atoms with Gasteiger partial charge in [-0.25, -0.2) is 9.78 Å². The van der Waals surface area contributed by atoms with Crippen LogP contribution < -0.4 is 4.74 Å².